The fourth-order valence-electron chi connectivity index (χ4n) is 1.47. The molecule has 1 aliphatic rings. The molecule has 0 saturated heterocycles. The minimum absolute atomic E-state index is 0.116. The van der Waals surface area contributed by atoms with E-state index in [9.17, 15) is 8.78 Å². The number of nitrogens with two attached hydrogens (primary N) is 1. The normalized spacial score (nSPS) is 17.9. The van der Waals surface area contributed by atoms with Gasteiger partial charge in [-0.2, -0.15) is 0 Å². The summed E-state index contributed by atoms with van der Waals surface area (Å²) in [5, 5.41) is 8.63. The molecule has 0 spiro atoms. The van der Waals surface area contributed by atoms with Crippen molar-refractivity contribution in [2.45, 2.75) is 24.8 Å². The summed E-state index contributed by atoms with van der Waals surface area (Å²) in [4.78, 5) is 0. The fourth-order valence-corrected chi connectivity index (χ4v) is 1.64. The molecule has 0 heterocycles. The third-order valence-corrected chi connectivity index (χ3v) is 3.01. The Hall–Kier alpha value is -0.870. The maximum Gasteiger partial charge on any atom is 0.151 e. The van der Waals surface area contributed by atoms with Gasteiger partial charge in [0.2, 0.25) is 0 Å². The largest absolute Gasteiger partial charge is 0.506 e. The van der Waals surface area contributed by atoms with Crippen molar-refractivity contribution < 1.29 is 13.9 Å². The van der Waals surface area contributed by atoms with Gasteiger partial charge in [-0.1, -0.05) is 11.6 Å². The van der Waals surface area contributed by atoms with Gasteiger partial charge in [-0.15, -0.1) is 0 Å². The molecule has 0 aliphatic heterocycles. The highest BCUT2D eigenvalue weighted by molar-refractivity contribution is 6.32. The van der Waals surface area contributed by atoms with Crippen molar-refractivity contribution in [3.63, 3.8) is 0 Å². The van der Waals surface area contributed by atoms with Crippen LogP contribution >= 0.6 is 11.6 Å². The Labute approximate surface area is 90.7 Å². The number of halogens is 3. The molecule has 0 unspecified atom stereocenters. The van der Waals surface area contributed by atoms with Crippen LogP contribution in [0.2, 0.25) is 5.02 Å². The van der Waals surface area contributed by atoms with Crippen LogP contribution in [-0.4, -0.2) is 10.6 Å². The van der Waals surface area contributed by atoms with Gasteiger partial charge in [0, 0.05) is 17.2 Å². The highest BCUT2D eigenvalue weighted by Gasteiger charge is 2.40. The second kappa shape index (κ2) is 3.32. The second-order valence-electron chi connectivity index (χ2n) is 4.02. The molecule has 5 heteroatoms. The number of rotatable bonds is 2. The van der Waals surface area contributed by atoms with Crippen LogP contribution in [-0.2, 0) is 6.42 Å². The van der Waals surface area contributed by atoms with Crippen LogP contribution in [0.5, 0.6) is 5.75 Å². The third kappa shape index (κ3) is 1.92. The standard InChI is InChI=1S/C10H10ClF2NO/c11-8-7(15)3-6(12)5(9(8)13)4-10(14)1-2-10/h3,15H,1-2,4,14H2. The van der Waals surface area contributed by atoms with Crippen molar-refractivity contribution in [3.8, 4) is 5.75 Å². The lowest BCUT2D eigenvalue weighted by Gasteiger charge is -2.12. The lowest BCUT2D eigenvalue weighted by atomic mass is 10.0. The third-order valence-electron chi connectivity index (χ3n) is 2.66. The minimum atomic E-state index is -0.911. The molecule has 2 rings (SSSR count). The van der Waals surface area contributed by atoms with E-state index in [1.807, 2.05) is 0 Å². The molecular formula is C10H10ClF2NO. The molecule has 0 atom stereocenters. The number of phenolic OH excluding ortho intramolecular Hbond substituents is 1. The van der Waals surface area contributed by atoms with E-state index in [4.69, 9.17) is 22.4 Å². The van der Waals surface area contributed by atoms with E-state index in [0.29, 0.717) is 0 Å². The van der Waals surface area contributed by atoms with Crippen LogP contribution in [0.25, 0.3) is 0 Å². The first kappa shape index (κ1) is 10.6. The van der Waals surface area contributed by atoms with E-state index >= 15 is 0 Å². The fraction of sp³-hybridized carbons (Fsp3) is 0.400. The van der Waals surface area contributed by atoms with Gasteiger partial charge in [0.15, 0.2) is 5.82 Å². The van der Waals surface area contributed by atoms with Gasteiger partial charge in [-0.25, -0.2) is 8.78 Å². The van der Waals surface area contributed by atoms with Crippen molar-refractivity contribution in [2.24, 2.45) is 5.73 Å². The molecule has 15 heavy (non-hydrogen) atoms. The summed E-state index contributed by atoms with van der Waals surface area (Å²) < 4.78 is 26.8. The van der Waals surface area contributed by atoms with Crippen LogP contribution in [0.15, 0.2) is 6.07 Å². The Morgan fingerprint density at radius 1 is 1.47 bits per heavy atom. The monoisotopic (exact) mass is 233 g/mol. The van der Waals surface area contributed by atoms with E-state index in [1.165, 1.54) is 0 Å². The van der Waals surface area contributed by atoms with Crippen LogP contribution in [0.1, 0.15) is 18.4 Å². The summed E-state index contributed by atoms with van der Waals surface area (Å²) in [5.41, 5.74) is 5.13. The molecule has 1 aromatic rings. The topological polar surface area (TPSA) is 46.2 Å². The van der Waals surface area contributed by atoms with Crippen molar-refractivity contribution in [1.82, 2.24) is 0 Å². The molecule has 82 valence electrons. The van der Waals surface area contributed by atoms with E-state index in [0.717, 1.165) is 18.9 Å². The van der Waals surface area contributed by atoms with Gasteiger partial charge in [0.1, 0.15) is 16.6 Å². The van der Waals surface area contributed by atoms with Gasteiger partial charge in [-0.3, -0.25) is 0 Å². The van der Waals surface area contributed by atoms with Gasteiger partial charge in [0.05, 0.1) is 0 Å². The molecule has 1 aliphatic carbocycles. The zero-order valence-corrected chi connectivity index (χ0v) is 8.61. The number of hydrogen-bond acceptors (Lipinski definition) is 2. The average Bonchev–Trinajstić information content (AvgIpc) is 2.89. The molecule has 0 radical (unpaired) electrons. The Morgan fingerprint density at radius 2 is 2.07 bits per heavy atom. The van der Waals surface area contributed by atoms with E-state index in [1.54, 1.807) is 0 Å². The minimum Gasteiger partial charge on any atom is -0.506 e. The summed E-state index contributed by atoms with van der Waals surface area (Å²) in [6, 6.07) is 0.812. The summed E-state index contributed by atoms with van der Waals surface area (Å²) in [7, 11) is 0. The first-order valence-electron chi connectivity index (χ1n) is 4.57. The quantitative estimate of drug-likeness (QED) is 0.771. The van der Waals surface area contributed by atoms with Crippen LogP contribution in [0, 0.1) is 11.6 Å². The molecule has 1 fully saturated rings. The Bertz CT molecular complexity index is 418. The molecule has 0 aromatic heterocycles. The molecule has 0 bridgehead atoms. The van der Waals surface area contributed by atoms with Gasteiger partial charge in [0.25, 0.3) is 0 Å². The average molecular weight is 234 g/mol. The van der Waals surface area contributed by atoms with Gasteiger partial charge in [-0.05, 0) is 19.3 Å². The first-order chi connectivity index (χ1) is 6.93. The van der Waals surface area contributed by atoms with Gasteiger partial charge >= 0.3 is 0 Å². The number of benzene rings is 1. The lowest BCUT2D eigenvalue weighted by molar-refractivity contribution is 0.454. The molecule has 1 saturated carbocycles. The van der Waals surface area contributed by atoms with Crippen molar-refractivity contribution in [3.05, 3.63) is 28.3 Å². The van der Waals surface area contributed by atoms with E-state index < -0.39 is 27.9 Å². The Morgan fingerprint density at radius 3 is 2.60 bits per heavy atom. The summed E-state index contributed by atoms with van der Waals surface area (Å²) in [5.74, 6) is -2.30. The Kier molecular flexibility index (Phi) is 2.35. The molecule has 3 N–H and O–H groups in total. The van der Waals surface area contributed by atoms with Crippen LogP contribution in [0.3, 0.4) is 0 Å². The van der Waals surface area contributed by atoms with Gasteiger partial charge < -0.3 is 10.8 Å². The maximum atomic E-state index is 13.5. The van der Waals surface area contributed by atoms with Crippen molar-refractivity contribution in [2.75, 3.05) is 0 Å². The smallest absolute Gasteiger partial charge is 0.151 e. The van der Waals surface area contributed by atoms with E-state index in [-0.39, 0.29) is 12.0 Å². The first-order valence-corrected chi connectivity index (χ1v) is 4.95. The highest BCUT2D eigenvalue weighted by atomic mass is 35.5. The predicted molar refractivity (Wildman–Crippen MR) is 52.9 cm³/mol. The Balaban J connectivity index is 2.41. The predicted octanol–water partition coefficient (Wildman–Crippen LogP) is 2.36. The van der Waals surface area contributed by atoms with Crippen LogP contribution in [0.4, 0.5) is 8.78 Å². The van der Waals surface area contributed by atoms with Crippen molar-refractivity contribution >= 4 is 11.6 Å². The summed E-state index contributed by atoms with van der Waals surface area (Å²) in [6.07, 6.45) is 1.62. The number of phenols is 1. The van der Waals surface area contributed by atoms with Crippen LogP contribution < -0.4 is 5.73 Å². The zero-order chi connectivity index (χ0) is 11.2. The summed E-state index contributed by atoms with van der Waals surface area (Å²) in [6.45, 7) is 0. The lowest BCUT2D eigenvalue weighted by Crippen LogP contribution is -2.25. The second-order valence-corrected chi connectivity index (χ2v) is 4.40. The van der Waals surface area contributed by atoms with E-state index in [2.05, 4.69) is 0 Å². The molecule has 2 nitrogen and oxygen atoms in total. The highest BCUT2D eigenvalue weighted by Crippen LogP contribution is 2.39. The molecule has 1 aromatic carbocycles. The molecular weight excluding hydrogens is 224 g/mol. The van der Waals surface area contributed by atoms with Crippen molar-refractivity contribution in [1.29, 1.82) is 0 Å². The SMILES string of the molecule is NC1(Cc2c(F)cc(O)c(Cl)c2F)CC1. The maximum absolute atomic E-state index is 13.5. The number of hydrogen-bond donors (Lipinski definition) is 2. The summed E-state index contributed by atoms with van der Waals surface area (Å²) >= 11 is 5.47. The molecule has 0 amide bonds. The zero-order valence-electron chi connectivity index (χ0n) is 7.86. The number of aromatic hydroxyl groups is 1.